The third-order valence-electron chi connectivity index (χ3n) is 6.77. The Kier molecular flexibility index (Phi) is 8.60. The van der Waals surface area contributed by atoms with E-state index in [0.717, 1.165) is 73.8 Å². The topological polar surface area (TPSA) is 58.8 Å². The van der Waals surface area contributed by atoms with E-state index in [0.29, 0.717) is 6.42 Å². The van der Waals surface area contributed by atoms with Crippen LogP contribution < -0.4 is 4.74 Å². The summed E-state index contributed by atoms with van der Waals surface area (Å²) in [6.45, 7) is 8.06. The van der Waals surface area contributed by atoms with Crippen LogP contribution in [0.2, 0.25) is 0 Å². The van der Waals surface area contributed by atoms with Crippen LogP contribution in [-0.4, -0.2) is 60.6 Å². The van der Waals surface area contributed by atoms with Crippen molar-refractivity contribution in [1.82, 2.24) is 15.0 Å². The van der Waals surface area contributed by atoms with Crippen molar-refractivity contribution >= 4 is 5.78 Å². The van der Waals surface area contributed by atoms with Crippen molar-refractivity contribution in [3.05, 3.63) is 71.9 Å². The number of hydrogen-bond acceptors (Lipinski definition) is 6. The second-order valence-electron chi connectivity index (χ2n) is 11.0. The normalized spacial score (nSPS) is 15.4. The smallest absolute Gasteiger partial charge is 0.167 e. The molecule has 2 heterocycles. The third-order valence-corrected chi connectivity index (χ3v) is 6.77. The van der Waals surface area contributed by atoms with Crippen molar-refractivity contribution in [3.63, 3.8) is 0 Å². The van der Waals surface area contributed by atoms with Gasteiger partial charge in [0.15, 0.2) is 11.5 Å². The molecule has 36 heavy (non-hydrogen) atoms. The van der Waals surface area contributed by atoms with Crippen molar-refractivity contribution in [2.24, 2.45) is 5.41 Å². The minimum Gasteiger partial charge on any atom is -0.490 e. The van der Waals surface area contributed by atoms with E-state index in [1.807, 2.05) is 60.7 Å². The molecule has 0 spiro atoms. The second-order valence-corrected chi connectivity index (χ2v) is 11.0. The lowest BCUT2D eigenvalue weighted by atomic mass is 9.85. The van der Waals surface area contributed by atoms with Crippen LogP contribution in [0.15, 0.2) is 65.2 Å². The lowest BCUT2D eigenvalue weighted by Gasteiger charge is -2.31. The third kappa shape index (κ3) is 7.52. The largest absolute Gasteiger partial charge is 0.490 e. The van der Waals surface area contributed by atoms with E-state index in [1.165, 1.54) is 0 Å². The number of likely N-dealkylation sites (tertiary alicyclic amines) is 1. The van der Waals surface area contributed by atoms with Crippen LogP contribution in [0.25, 0.3) is 11.3 Å². The summed E-state index contributed by atoms with van der Waals surface area (Å²) in [7, 11) is 4.15. The van der Waals surface area contributed by atoms with Crippen LogP contribution in [0.3, 0.4) is 0 Å². The Bertz CT molecular complexity index is 1120. The maximum atomic E-state index is 12.8. The van der Waals surface area contributed by atoms with E-state index in [-0.39, 0.29) is 17.3 Å². The van der Waals surface area contributed by atoms with Crippen molar-refractivity contribution in [1.29, 1.82) is 0 Å². The molecule has 0 amide bonds. The zero-order valence-electron chi connectivity index (χ0n) is 22.1. The van der Waals surface area contributed by atoms with Crippen LogP contribution in [0.4, 0.5) is 0 Å². The van der Waals surface area contributed by atoms with Gasteiger partial charge in [0.25, 0.3) is 0 Å². The first-order chi connectivity index (χ1) is 17.3. The maximum Gasteiger partial charge on any atom is 0.167 e. The Labute approximate surface area is 215 Å². The summed E-state index contributed by atoms with van der Waals surface area (Å²) in [5.74, 6) is 1.78. The lowest BCUT2D eigenvalue weighted by Crippen LogP contribution is -2.37. The molecule has 0 bridgehead atoms. The van der Waals surface area contributed by atoms with Gasteiger partial charge in [-0.15, -0.1) is 0 Å². The molecule has 1 fully saturated rings. The van der Waals surface area contributed by atoms with Crippen LogP contribution >= 0.6 is 0 Å². The van der Waals surface area contributed by atoms with Crippen molar-refractivity contribution in [2.75, 3.05) is 33.7 Å². The number of benzene rings is 2. The minimum absolute atomic E-state index is 0.107. The molecule has 0 aliphatic carbocycles. The summed E-state index contributed by atoms with van der Waals surface area (Å²) in [4.78, 5) is 17.4. The molecular weight excluding hydrogens is 450 g/mol. The van der Waals surface area contributed by atoms with Crippen molar-refractivity contribution in [3.8, 4) is 17.1 Å². The molecule has 4 rings (SSSR count). The highest BCUT2D eigenvalue weighted by atomic mass is 16.5. The molecule has 1 aliphatic rings. The molecule has 192 valence electrons. The van der Waals surface area contributed by atoms with Gasteiger partial charge in [0, 0.05) is 49.8 Å². The van der Waals surface area contributed by atoms with Gasteiger partial charge in [0.1, 0.15) is 11.9 Å². The van der Waals surface area contributed by atoms with Gasteiger partial charge in [-0.2, -0.15) is 0 Å². The van der Waals surface area contributed by atoms with Gasteiger partial charge in [-0.3, -0.25) is 9.69 Å². The quantitative estimate of drug-likeness (QED) is 0.311. The zero-order valence-corrected chi connectivity index (χ0v) is 22.1. The number of aromatic nitrogens is 1. The van der Waals surface area contributed by atoms with Crippen LogP contribution in [0.5, 0.6) is 5.75 Å². The molecule has 0 radical (unpaired) electrons. The molecule has 1 saturated heterocycles. The first kappa shape index (κ1) is 26.1. The Morgan fingerprint density at radius 2 is 1.83 bits per heavy atom. The van der Waals surface area contributed by atoms with E-state index < -0.39 is 0 Å². The monoisotopic (exact) mass is 489 g/mol. The van der Waals surface area contributed by atoms with E-state index in [2.05, 4.69) is 42.9 Å². The SMILES string of the molecule is CN(C)CC(C)(C)CCC(=O)c1cccc(OC2CCN(Cc3cc(-c4ccccc4)on3)CC2)c1. The molecule has 0 atom stereocenters. The minimum atomic E-state index is 0.107. The lowest BCUT2D eigenvalue weighted by molar-refractivity contribution is 0.0933. The summed E-state index contributed by atoms with van der Waals surface area (Å²) in [6.07, 6.45) is 3.46. The molecule has 0 saturated carbocycles. The molecule has 0 N–H and O–H groups in total. The van der Waals surface area contributed by atoms with E-state index in [9.17, 15) is 4.79 Å². The maximum absolute atomic E-state index is 12.8. The van der Waals surface area contributed by atoms with E-state index in [4.69, 9.17) is 9.26 Å². The van der Waals surface area contributed by atoms with Gasteiger partial charge < -0.3 is 14.2 Å². The molecule has 3 aromatic rings. The van der Waals surface area contributed by atoms with Gasteiger partial charge in [-0.1, -0.05) is 61.5 Å². The standard InChI is InChI=1S/C30H39N3O3/c1-30(2,22-32(3)4)16-13-28(34)24-11-8-12-27(19-24)35-26-14-17-33(18-15-26)21-25-20-29(36-31-25)23-9-6-5-7-10-23/h5-12,19-20,26H,13-18,21-22H2,1-4H3. The summed E-state index contributed by atoms with van der Waals surface area (Å²) >= 11 is 0. The summed E-state index contributed by atoms with van der Waals surface area (Å²) in [5.41, 5.74) is 2.84. The summed E-state index contributed by atoms with van der Waals surface area (Å²) in [5, 5.41) is 4.26. The predicted molar refractivity (Wildman–Crippen MR) is 143 cm³/mol. The highest BCUT2D eigenvalue weighted by molar-refractivity contribution is 5.96. The highest BCUT2D eigenvalue weighted by Gasteiger charge is 2.23. The number of piperidine rings is 1. The fourth-order valence-electron chi connectivity index (χ4n) is 5.01. The molecule has 1 aliphatic heterocycles. The molecule has 2 aromatic carbocycles. The Morgan fingerprint density at radius 3 is 2.56 bits per heavy atom. The van der Waals surface area contributed by atoms with E-state index >= 15 is 0 Å². The van der Waals surface area contributed by atoms with E-state index in [1.54, 1.807) is 0 Å². The van der Waals surface area contributed by atoms with Gasteiger partial charge in [0.05, 0.1) is 5.69 Å². The van der Waals surface area contributed by atoms with Crippen molar-refractivity contribution < 1.29 is 14.1 Å². The number of hydrogen-bond donors (Lipinski definition) is 0. The number of ketones is 1. The molecule has 1 aromatic heterocycles. The fourth-order valence-corrected chi connectivity index (χ4v) is 5.01. The number of carbonyl (C=O) groups is 1. The molecule has 6 heteroatoms. The first-order valence-corrected chi connectivity index (χ1v) is 13.0. The molecule has 6 nitrogen and oxygen atoms in total. The second kappa shape index (κ2) is 11.8. The van der Waals surface area contributed by atoms with Crippen LogP contribution in [0.1, 0.15) is 55.6 Å². The number of ether oxygens (including phenoxy) is 1. The number of Topliss-reactive ketones (excluding diaryl/α,β-unsaturated/α-hetero) is 1. The first-order valence-electron chi connectivity index (χ1n) is 13.0. The predicted octanol–water partition coefficient (Wildman–Crippen LogP) is 5.94. The average molecular weight is 490 g/mol. The van der Waals surface area contributed by atoms with Gasteiger partial charge in [-0.25, -0.2) is 0 Å². The van der Waals surface area contributed by atoms with Crippen molar-refractivity contribution in [2.45, 2.75) is 52.2 Å². The fraction of sp³-hybridized carbons (Fsp3) is 0.467. The summed E-state index contributed by atoms with van der Waals surface area (Å²) < 4.78 is 11.8. The average Bonchev–Trinajstić information content (AvgIpc) is 3.32. The van der Waals surface area contributed by atoms with Gasteiger partial charge in [-0.05, 0) is 50.9 Å². The Hall–Kier alpha value is -2.96. The Balaban J connectivity index is 1.24. The number of rotatable bonds is 11. The number of carbonyl (C=O) groups excluding carboxylic acids is 1. The molecule has 0 unspecified atom stereocenters. The Morgan fingerprint density at radius 1 is 1.08 bits per heavy atom. The number of nitrogens with zero attached hydrogens (tertiary/aromatic N) is 3. The van der Waals surface area contributed by atoms with Gasteiger partial charge in [0.2, 0.25) is 0 Å². The zero-order chi connectivity index (χ0) is 25.5. The summed E-state index contributed by atoms with van der Waals surface area (Å²) in [6, 6.07) is 19.8. The highest BCUT2D eigenvalue weighted by Crippen LogP contribution is 2.26. The van der Waals surface area contributed by atoms with Crippen LogP contribution in [-0.2, 0) is 6.54 Å². The van der Waals surface area contributed by atoms with Crippen LogP contribution in [0, 0.1) is 5.41 Å². The van der Waals surface area contributed by atoms with Gasteiger partial charge >= 0.3 is 0 Å². The molecular formula is C30H39N3O3.